The molecule has 12 heteroatoms. The average Bonchev–Trinajstić information content (AvgIpc) is 3.21. The molecule has 0 unspecified atom stereocenters. The van der Waals surface area contributed by atoms with E-state index in [0.29, 0.717) is 41.2 Å². The minimum Gasteiger partial charge on any atom is -0.487 e. The molecule has 1 fully saturated rings. The molecule has 1 saturated heterocycles. The van der Waals surface area contributed by atoms with Gasteiger partial charge in [-0.25, -0.2) is 19.3 Å². The van der Waals surface area contributed by atoms with Crippen LogP contribution in [0.25, 0.3) is 16.6 Å². The lowest BCUT2D eigenvalue weighted by atomic mass is 9.88. The average molecular weight is 486 g/mol. The molecule has 6 rings (SSSR count). The van der Waals surface area contributed by atoms with E-state index in [1.54, 1.807) is 23.7 Å². The molecule has 35 heavy (non-hydrogen) atoms. The number of imidazole rings is 1. The van der Waals surface area contributed by atoms with Crippen molar-refractivity contribution in [2.24, 2.45) is 0 Å². The van der Waals surface area contributed by atoms with Gasteiger partial charge < -0.3 is 15.4 Å². The largest absolute Gasteiger partial charge is 0.487 e. The van der Waals surface area contributed by atoms with Gasteiger partial charge in [0.1, 0.15) is 29.2 Å². The Morgan fingerprint density at radius 1 is 1.26 bits per heavy atom. The number of piperidine rings is 1. The van der Waals surface area contributed by atoms with Gasteiger partial charge in [0, 0.05) is 24.9 Å². The summed E-state index contributed by atoms with van der Waals surface area (Å²) in [5.74, 6) is -2.04. The number of hydrogen-bond donors (Lipinski definition) is 1. The van der Waals surface area contributed by atoms with Crippen LogP contribution in [-0.2, 0) is 6.18 Å². The van der Waals surface area contributed by atoms with Crippen molar-refractivity contribution in [2.75, 3.05) is 12.3 Å². The molecule has 180 valence electrons. The molecular weight excluding hydrogens is 468 g/mol. The van der Waals surface area contributed by atoms with Crippen molar-refractivity contribution >= 4 is 28.3 Å². The summed E-state index contributed by atoms with van der Waals surface area (Å²) in [6.45, 7) is 2.08. The number of amides is 1. The number of aromatic nitrogens is 4. The molecular formula is C23H18F4N6O2. The first kappa shape index (κ1) is 21.6. The molecule has 0 aliphatic carbocycles. The molecule has 2 aliphatic rings. The predicted molar refractivity (Wildman–Crippen MR) is 116 cm³/mol. The van der Waals surface area contributed by atoms with Gasteiger partial charge in [0.2, 0.25) is 0 Å². The van der Waals surface area contributed by atoms with E-state index >= 15 is 0 Å². The van der Waals surface area contributed by atoms with Gasteiger partial charge in [-0.1, -0.05) is 6.07 Å². The number of halogens is 4. The minimum absolute atomic E-state index is 0.121. The number of nitrogen functional groups attached to an aromatic ring is 1. The Bertz CT molecular complexity index is 1530. The van der Waals surface area contributed by atoms with E-state index in [0.717, 1.165) is 0 Å². The van der Waals surface area contributed by atoms with Gasteiger partial charge in [-0.05, 0) is 19.1 Å². The lowest BCUT2D eigenvalue weighted by Crippen LogP contribution is -2.47. The molecule has 3 aromatic heterocycles. The fourth-order valence-corrected chi connectivity index (χ4v) is 5.01. The topological polar surface area (TPSA) is 98.6 Å². The Morgan fingerprint density at radius 3 is 2.83 bits per heavy atom. The highest BCUT2D eigenvalue weighted by molar-refractivity contribution is 5.96. The molecule has 0 spiro atoms. The number of nitrogens with zero attached hydrogens (tertiary/aromatic N) is 5. The first-order valence-corrected chi connectivity index (χ1v) is 10.9. The van der Waals surface area contributed by atoms with Crippen molar-refractivity contribution in [3.63, 3.8) is 0 Å². The van der Waals surface area contributed by atoms with E-state index in [4.69, 9.17) is 10.5 Å². The standard InChI is InChI=1S/C23H18F4N6O2/c1-10-19-21(28)31-15-8-29-14(7-17(15)33(19)9-30-10)22(34)32-5-4-11-6-16(32)12-2-3-13(23(25,26)27)18(24)20(12)35-11/h2-3,7-9,11,16H,4-6H2,1H3,(H2,28,31)/t11-,16+/m1/s1. The van der Waals surface area contributed by atoms with E-state index in [9.17, 15) is 22.4 Å². The fourth-order valence-electron chi connectivity index (χ4n) is 5.01. The molecule has 8 nitrogen and oxygen atoms in total. The van der Waals surface area contributed by atoms with Crippen LogP contribution in [0, 0.1) is 12.7 Å². The second-order valence-electron chi connectivity index (χ2n) is 8.73. The van der Waals surface area contributed by atoms with Crippen molar-refractivity contribution < 1.29 is 27.1 Å². The molecule has 4 aromatic rings. The van der Waals surface area contributed by atoms with Crippen LogP contribution in [0.2, 0.25) is 0 Å². The molecule has 2 N–H and O–H groups in total. The van der Waals surface area contributed by atoms with Gasteiger partial charge in [0.15, 0.2) is 17.4 Å². The maximum atomic E-state index is 14.8. The van der Waals surface area contributed by atoms with Crippen LogP contribution in [0.4, 0.5) is 23.4 Å². The highest BCUT2D eigenvalue weighted by Crippen LogP contribution is 2.47. The van der Waals surface area contributed by atoms with Gasteiger partial charge in [-0.15, -0.1) is 0 Å². The normalized spacial score (nSPS) is 19.6. The quantitative estimate of drug-likeness (QED) is 0.408. The summed E-state index contributed by atoms with van der Waals surface area (Å²) in [5, 5.41) is 0. The van der Waals surface area contributed by atoms with Crippen LogP contribution in [0.3, 0.4) is 0 Å². The van der Waals surface area contributed by atoms with E-state index in [1.807, 2.05) is 0 Å². The van der Waals surface area contributed by atoms with Crippen LogP contribution in [0.15, 0.2) is 30.7 Å². The summed E-state index contributed by atoms with van der Waals surface area (Å²) < 4.78 is 61.7. The Labute approximate surface area is 195 Å². The number of aryl methyl sites for hydroxylation is 1. The number of hydrogen-bond acceptors (Lipinski definition) is 6. The third-order valence-corrected chi connectivity index (χ3v) is 6.67. The second kappa shape index (κ2) is 7.27. The number of pyridine rings is 1. The number of nitrogens with two attached hydrogens (primary N) is 1. The molecule has 5 heterocycles. The molecule has 2 aliphatic heterocycles. The lowest BCUT2D eigenvalue weighted by Gasteiger charge is -2.44. The highest BCUT2D eigenvalue weighted by atomic mass is 19.4. The maximum absolute atomic E-state index is 14.8. The third-order valence-electron chi connectivity index (χ3n) is 6.67. The van der Waals surface area contributed by atoms with E-state index in [1.165, 1.54) is 17.2 Å². The van der Waals surface area contributed by atoms with E-state index in [-0.39, 0.29) is 23.6 Å². The summed E-state index contributed by atoms with van der Waals surface area (Å²) >= 11 is 0. The Hall–Kier alpha value is -3.96. The zero-order valence-corrected chi connectivity index (χ0v) is 18.3. The number of anilines is 1. The number of rotatable bonds is 1. The summed E-state index contributed by atoms with van der Waals surface area (Å²) in [6, 6.07) is 2.82. The van der Waals surface area contributed by atoms with Crippen molar-refractivity contribution in [1.82, 2.24) is 24.3 Å². The summed E-state index contributed by atoms with van der Waals surface area (Å²) in [5.41, 5.74) is 7.34. The zero-order valence-electron chi connectivity index (χ0n) is 18.3. The summed E-state index contributed by atoms with van der Waals surface area (Å²) in [7, 11) is 0. The highest BCUT2D eigenvalue weighted by Gasteiger charge is 2.43. The Morgan fingerprint density at radius 2 is 2.06 bits per heavy atom. The van der Waals surface area contributed by atoms with Crippen LogP contribution in [-0.4, -0.2) is 42.8 Å². The number of carbonyl (C=O) groups is 1. The minimum atomic E-state index is -4.85. The maximum Gasteiger partial charge on any atom is 0.419 e. The fraction of sp³-hybridized carbons (Fsp3) is 0.304. The van der Waals surface area contributed by atoms with Crippen molar-refractivity contribution in [3.8, 4) is 5.75 Å². The Balaban J connectivity index is 1.42. The number of carbonyl (C=O) groups excluding carboxylic acids is 1. The molecule has 2 bridgehead atoms. The van der Waals surface area contributed by atoms with Gasteiger partial charge in [-0.2, -0.15) is 13.2 Å². The lowest BCUT2D eigenvalue weighted by molar-refractivity contribution is -0.140. The summed E-state index contributed by atoms with van der Waals surface area (Å²) in [4.78, 5) is 27.9. The molecule has 2 atom stereocenters. The molecule has 0 radical (unpaired) electrons. The summed E-state index contributed by atoms with van der Waals surface area (Å²) in [6.07, 6.45) is -1.61. The van der Waals surface area contributed by atoms with Crippen molar-refractivity contribution in [3.05, 3.63) is 59.1 Å². The van der Waals surface area contributed by atoms with Crippen LogP contribution in [0.1, 0.15) is 46.2 Å². The van der Waals surface area contributed by atoms with Gasteiger partial charge in [0.25, 0.3) is 5.91 Å². The van der Waals surface area contributed by atoms with Crippen LogP contribution >= 0.6 is 0 Å². The van der Waals surface area contributed by atoms with Gasteiger partial charge >= 0.3 is 6.18 Å². The number of benzene rings is 1. The zero-order chi connectivity index (χ0) is 24.6. The van der Waals surface area contributed by atoms with E-state index in [2.05, 4.69) is 15.0 Å². The van der Waals surface area contributed by atoms with Crippen molar-refractivity contribution in [1.29, 1.82) is 0 Å². The Kier molecular flexibility index (Phi) is 4.48. The molecule has 0 saturated carbocycles. The number of fused-ring (bicyclic) bond motifs is 7. The SMILES string of the molecule is Cc1ncn2c1c(N)nc1cnc(C(=O)N3CC[C@@H]4C[C@H]3c3ccc(C(F)(F)F)c(F)c3O4)cc12. The predicted octanol–water partition coefficient (Wildman–Crippen LogP) is 4.06. The number of alkyl halides is 3. The second-order valence-corrected chi connectivity index (χ2v) is 8.73. The monoisotopic (exact) mass is 486 g/mol. The van der Waals surface area contributed by atoms with Crippen molar-refractivity contribution in [2.45, 2.75) is 38.1 Å². The van der Waals surface area contributed by atoms with Crippen LogP contribution < -0.4 is 10.5 Å². The third kappa shape index (κ3) is 3.19. The first-order chi connectivity index (χ1) is 16.6. The van der Waals surface area contributed by atoms with Gasteiger partial charge in [-0.3, -0.25) is 9.20 Å². The molecule has 1 aromatic carbocycles. The first-order valence-electron chi connectivity index (χ1n) is 10.9. The van der Waals surface area contributed by atoms with Crippen LogP contribution in [0.5, 0.6) is 5.75 Å². The van der Waals surface area contributed by atoms with Gasteiger partial charge in [0.05, 0.1) is 29.0 Å². The number of likely N-dealkylation sites (tertiary alicyclic amines) is 1. The smallest absolute Gasteiger partial charge is 0.419 e. The van der Waals surface area contributed by atoms with E-state index < -0.39 is 41.4 Å². The molecule has 1 amide bonds. The number of ether oxygens (including phenoxy) is 1.